The van der Waals surface area contributed by atoms with Crippen molar-refractivity contribution < 1.29 is 9.47 Å². The lowest BCUT2D eigenvalue weighted by Crippen LogP contribution is -2.31. The number of methoxy groups -OCH3 is 1. The summed E-state index contributed by atoms with van der Waals surface area (Å²) in [5.41, 5.74) is 3.83. The maximum absolute atomic E-state index is 5.69. The topological polar surface area (TPSA) is 56.5 Å². The lowest BCUT2D eigenvalue weighted by atomic mass is 9.95. The SMILES string of the molecule is CCOc1ccccc1C(CCC(C)(C)OC)NN. The van der Waals surface area contributed by atoms with Gasteiger partial charge in [-0.1, -0.05) is 18.2 Å². The number of nitrogens with one attached hydrogen (secondary N) is 1. The molecule has 0 aliphatic heterocycles. The molecule has 0 fully saturated rings. The molecule has 19 heavy (non-hydrogen) atoms. The maximum Gasteiger partial charge on any atom is 0.124 e. The van der Waals surface area contributed by atoms with Gasteiger partial charge in [0.1, 0.15) is 5.75 Å². The predicted molar refractivity (Wildman–Crippen MR) is 78.0 cm³/mol. The van der Waals surface area contributed by atoms with E-state index < -0.39 is 0 Å². The van der Waals surface area contributed by atoms with Gasteiger partial charge in [0.05, 0.1) is 12.2 Å². The van der Waals surface area contributed by atoms with Gasteiger partial charge in [0.2, 0.25) is 0 Å². The number of hydrazine groups is 1. The molecule has 4 heteroatoms. The fourth-order valence-electron chi connectivity index (χ4n) is 1.98. The minimum Gasteiger partial charge on any atom is -0.494 e. The summed E-state index contributed by atoms with van der Waals surface area (Å²) >= 11 is 0. The summed E-state index contributed by atoms with van der Waals surface area (Å²) in [6.45, 7) is 6.79. The Morgan fingerprint density at radius 2 is 2.00 bits per heavy atom. The lowest BCUT2D eigenvalue weighted by Gasteiger charge is -2.26. The molecular formula is C15H26N2O2. The van der Waals surface area contributed by atoms with Crippen molar-refractivity contribution in [3.05, 3.63) is 29.8 Å². The molecule has 0 aliphatic carbocycles. The molecule has 1 unspecified atom stereocenters. The largest absolute Gasteiger partial charge is 0.494 e. The zero-order chi connectivity index (χ0) is 14.3. The minimum absolute atomic E-state index is 0.0668. The summed E-state index contributed by atoms with van der Waals surface area (Å²) in [5, 5.41) is 0. The highest BCUT2D eigenvalue weighted by Gasteiger charge is 2.21. The van der Waals surface area contributed by atoms with E-state index in [1.807, 2.05) is 25.1 Å². The molecule has 0 radical (unpaired) electrons. The summed E-state index contributed by atoms with van der Waals surface area (Å²) in [4.78, 5) is 0. The number of benzene rings is 1. The van der Waals surface area contributed by atoms with Gasteiger partial charge in [0.25, 0.3) is 0 Å². The van der Waals surface area contributed by atoms with Gasteiger partial charge in [-0.2, -0.15) is 0 Å². The van der Waals surface area contributed by atoms with Crippen molar-refractivity contribution in [3.63, 3.8) is 0 Å². The molecule has 0 saturated carbocycles. The smallest absolute Gasteiger partial charge is 0.124 e. The Morgan fingerprint density at radius 3 is 2.58 bits per heavy atom. The van der Waals surface area contributed by atoms with E-state index in [9.17, 15) is 0 Å². The third-order valence-corrected chi connectivity index (χ3v) is 3.38. The van der Waals surface area contributed by atoms with Crippen molar-refractivity contribution in [2.24, 2.45) is 5.84 Å². The van der Waals surface area contributed by atoms with Crippen molar-refractivity contribution in [2.45, 2.75) is 45.3 Å². The molecule has 0 heterocycles. The average molecular weight is 266 g/mol. The van der Waals surface area contributed by atoms with E-state index in [0.29, 0.717) is 6.61 Å². The quantitative estimate of drug-likeness (QED) is 0.561. The Hall–Kier alpha value is -1.10. The average Bonchev–Trinajstić information content (AvgIpc) is 2.41. The van der Waals surface area contributed by atoms with Crippen molar-refractivity contribution in [1.29, 1.82) is 0 Å². The van der Waals surface area contributed by atoms with Gasteiger partial charge in [0, 0.05) is 18.7 Å². The molecule has 1 aromatic rings. The second kappa shape index (κ2) is 7.48. The van der Waals surface area contributed by atoms with E-state index in [4.69, 9.17) is 15.3 Å². The Morgan fingerprint density at radius 1 is 1.32 bits per heavy atom. The first-order chi connectivity index (χ1) is 9.04. The zero-order valence-corrected chi connectivity index (χ0v) is 12.4. The highest BCUT2D eigenvalue weighted by atomic mass is 16.5. The standard InChI is InChI=1S/C15H26N2O2/c1-5-19-14-9-7-6-8-12(14)13(17-16)10-11-15(2,3)18-4/h6-9,13,17H,5,10-11,16H2,1-4H3. The van der Waals surface area contributed by atoms with Crippen LogP contribution in [0.25, 0.3) is 0 Å². The fraction of sp³-hybridized carbons (Fsp3) is 0.600. The van der Waals surface area contributed by atoms with E-state index in [1.165, 1.54) is 0 Å². The molecule has 4 nitrogen and oxygen atoms in total. The molecule has 1 aromatic carbocycles. The second-order valence-corrected chi connectivity index (χ2v) is 5.19. The van der Waals surface area contributed by atoms with Gasteiger partial charge in [-0.05, 0) is 39.7 Å². The Kier molecular flexibility index (Phi) is 6.28. The summed E-state index contributed by atoms with van der Waals surface area (Å²) in [5.74, 6) is 6.59. The van der Waals surface area contributed by atoms with Gasteiger partial charge in [0.15, 0.2) is 0 Å². The predicted octanol–water partition coefficient (Wildman–Crippen LogP) is 2.79. The van der Waals surface area contributed by atoms with Crippen LogP contribution >= 0.6 is 0 Å². The van der Waals surface area contributed by atoms with Crippen LogP contribution in [0.4, 0.5) is 0 Å². The first-order valence-electron chi connectivity index (χ1n) is 6.77. The van der Waals surface area contributed by atoms with E-state index in [-0.39, 0.29) is 11.6 Å². The Labute approximate surface area is 116 Å². The lowest BCUT2D eigenvalue weighted by molar-refractivity contribution is 0.0116. The van der Waals surface area contributed by atoms with Gasteiger partial charge in [-0.3, -0.25) is 11.3 Å². The third-order valence-electron chi connectivity index (χ3n) is 3.38. The molecule has 0 aliphatic rings. The van der Waals surface area contributed by atoms with Gasteiger partial charge in [-0.15, -0.1) is 0 Å². The second-order valence-electron chi connectivity index (χ2n) is 5.19. The first kappa shape index (κ1) is 16.0. The summed E-state index contributed by atoms with van der Waals surface area (Å²) < 4.78 is 11.1. The third kappa shape index (κ3) is 4.82. The highest BCUT2D eigenvalue weighted by Crippen LogP contribution is 2.30. The van der Waals surface area contributed by atoms with Gasteiger partial charge in [-0.25, -0.2) is 0 Å². The number of rotatable bonds is 8. The number of nitrogens with two attached hydrogens (primary N) is 1. The van der Waals surface area contributed by atoms with Crippen LogP contribution in [0.3, 0.4) is 0 Å². The van der Waals surface area contributed by atoms with Crippen molar-refractivity contribution in [2.75, 3.05) is 13.7 Å². The van der Waals surface area contributed by atoms with E-state index >= 15 is 0 Å². The van der Waals surface area contributed by atoms with Crippen LogP contribution in [-0.2, 0) is 4.74 Å². The molecular weight excluding hydrogens is 240 g/mol. The van der Waals surface area contributed by atoms with E-state index in [1.54, 1.807) is 7.11 Å². The minimum atomic E-state index is -0.143. The molecule has 108 valence electrons. The van der Waals surface area contributed by atoms with Crippen LogP contribution in [-0.4, -0.2) is 19.3 Å². The summed E-state index contributed by atoms with van der Waals surface area (Å²) in [7, 11) is 1.74. The van der Waals surface area contributed by atoms with Crippen LogP contribution < -0.4 is 16.0 Å². The monoisotopic (exact) mass is 266 g/mol. The van der Waals surface area contributed by atoms with Crippen molar-refractivity contribution in [3.8, 4) is 5.75 Å². The molecule has 0 saturated heterocycles. The maximum atomic E-state index is 5.69. The first-order valence-corrected chi connectivity index (χ1v) is 6.77. The molecule has 0 bridgehead atoms. The van der Waals surface area contributed by atoms with Crippen LogP contribution in [0, 0.1) is 0 Å². The molecule has 1 rings (SSSR count). The van der Waals surface area contributed by atoms with Crippen molar-refractivity contribution in [1.82, 2.24) is 5.43 Å². The zero-order valence-electron chi connectivity index (χ0n) is 12.4. The molecule has 1 atom stereocenters. The molecule has 0 amide bonds. The van der Waals surface area contributed by atoms with Crippen LogP contribution in [0.5, 0.6) is 5.75 Å². The van der Waals surface area contributed by atoms with E-state index in [2.05, 4.69) is 25.3 Å². The number of hydrogen-bond acceptors (Lipinski definition) is 4. The Bertz CT molecular complexity index is 380. The van der Waals surface area contributed by atoms with Crippen molar-refractivity contribution >= 4 is 0 Å². The number of para-hydroxylation sites is 1. The van der Waals surface area contributed by atoms with Gasteiger partial charge < -0.3 is 9.47 Å². The van der Waals surface area contributed by atoms with Crippen LogP contribution in [0.15, 0.2) is 24.3 Å². The Balaban J connectivity index is 2.79. The van der Waals surface area contributed by atoms with Crippen LogP contribution in [0.1, 0.15) is 45.2 Å². The fourth-order valence-corrected chi connectivity index (χ4v) is 1.98. The molecule has 0 spiro atoms. The molecule has 0 aromatic heterocycles. The highest BCUT2D eigenvalue weighted by molar-refractivity contribution is 5.35. The molecule has 3 N–H and O–H groups in total. The number of ether oxygens (including phenoxy) is 2. The summed E-state index contributed by atoms with van der Waals surface area (Å²) in [6.07, 6.45) is 1.81. The number of hydrogen-bond donors (Lipinski definition) is 2. The van der Waals surface area contributed by atoms with E-state index in [0.717, 1.165) is 24.2 Å². The summed E-state index contributed by atoms with van der Waals surface area (Å²) in [6, 6.07) is 8.07. The van der Waals surface area contributed by atoms with Crippen LogP contribution in [0.2, 0.25) is 0 Å². The van der Waals surface area contributed by atoms with Gasteiger partial charge >= 0.3 is 0 Å². The normalized spacial score (nSPS) is 13.3.